The number of benzene rings is 1. The first-order chi connectivity index (χ1) is 22.4. The van der Waals surface area contributed by atoms with Crippen molar-refractivity contribution in [1.82, 2.24) is 35.7 Å². The SMILES string of the molecule is CCCOc1ccc(-c2nnn([C@@H]3C[C@H]4C(=O)N[C@]5(C(=O)O)C[C@H]5/C=C\CCCCC[C@H](NC(=O)OC(C)(C)C)C(=O)N4C3)n2)cc1. The molecule has 0 spiro atoms. The summed E-state index contributed by atoms with van der Waals surface area (Å²) in [5.41, 5.74) is -1.48. The fourth-order valence-corrected chi connectivity index (χ4v) is 6.11. The van der Waals surface area contributed by atoms with Crippen LogP contribution in [0.3, 0.4) is 0 Å². The first-order valence-electron chi connectivity index (χ1n) is 16.4. The van der Waals surface area contributed by atoms with Crippen molar-refractivity contribution in [2.75, 3.05) is 13.2 Å². The smallest absolute Gasteiger partial charge is 0.408 e. The molecule has 14 heteroatoms. The molecule has 5 atom stereocenters. The summed E-state index contributed by atoms with van der Waals surface area (Å²) >= 11 is 0. The van der Waals surface area contributed by atoms with Crippen molar-refractivity contribution in [3.05, 3.63) is 36.4 Å². The molecule has 3 heterocycles. The Morgan fingerprint density at radius 2 is 1.91 bits per heavy atom. The highest BCUT2D eigenvalue weighted by atomic mass is 16.6. The molecule has 1 saturated heterocycles. The number of nitrogens with one attached hydrogen (secondary N) is 2. The molecule has 2 aromatic rings. The second-order valence-corrected chi connectivity index (χ2v) is 13.5. The molecule has 2 fully saturated rings. The van der Waals surface area contributed by atoms with Crippen LogP contribution in [-0.4, -0.2) is 90.5 Å². The molecule has 1 aromatic heterocycles. The maximum Gasteiger partial charge on any atom is 0.408 e. The molecule has 47 heavy (non-hydrogen) atoms. The summed E-state index contributed by atoms with van der Waals surface area (Å²) < 4.78 is 11.1. The third-order valence-corrected chi connectivity index (χ3v) is 8.67. The number of alkyl carbamates (subject to hydrolysis) is 1. The maximum absolute atomic E-state index is 14.2. The van der Waals surface area contributed by atoms with Gasteiger partial charge in [0.05, 0.1) is 12.6 Å². The molecular formula is C33H45N7O7. The van der Waals surface area contributed by atoms with Gasteiger partial charge in [0, 0.05) is 24.4 Å². The van der Waals surface area contributed by atoms with E-state index in [2.05, 4.69) is 26.0 Å². The molecule has 3 N–H and O–H groups in total. The average molecular weight is 652 g/mol. The Hall–Kier alpha value is -4.49. The summed E-state index contributed by atoms with van der Waals surface area (Å²) in [5.74, 6) is -1.38. The van der Waals surface area contributed by atoms with Gasteiger partial charge in [-0.2, -0.15) is 4.80 Å². The van der Waals surface area contributed by atoms with Crippen molar-refractivity contribution in [1.29, 1.82) is 0 Å². The zero-order valence-corrected chi connectivity index (χ0v) is 27.5. The number of amides is 3. The van der Waals surface area contributed by atoms with Gasteiger partial charge < -0.3 is 30.1 Å². The van der Waals surface area contributed by atoms with Gasteiger partial charge in [0.25, 0.3) is 0 Å². The van der Waals surface area contributed by atoms with Crippen molar-refractivity contribution in [2.45, 2.75) is 108 Å². The van der Waals surface area contributed by atoms with E-state index in [4.69, 9.17) is 9.47 Å². The van der Waals surface area contributed by atoms with Crippen LogP contribution in [0.15, 0.2) is 36.4 Å². The topological polar surface area (TPSA) is 178 Å². The first kappa shape index (κ1) is 33.9. The Morgan fingerprint density at radius 3 is 2.62 bits per heavy atom. The lowest BCUT2D eigenvalue weighted by atomic mass is 10.0. The van der Waals surface area contributed by atoms with E-state index in [9.17, 15) is 24.3 Å². The number of carbonyl (C=O) groups is 4. The van der Waals surface area contributed by atoms with Crippen LogP contribution in [0.5, 0.6) is 5.75 Å². The monoisotopic (exact) mass is 651 g/mol. The number of carbonyl (C=O) groups excluding carboxylic acids is 3. The summed E-state index contributed by atoms with van der Waals surface area (Å²) in [6.45, 7) is 7.92. The number of carboxylic acid groups (broad SMARTS) is 1. The van der Waals surface area contributed by atoms with Gasteiger partial charge in [0.1, 0.15) is 29.0 Å². The Balaban J connectivity index is 1.41. The number of carboxylic acids is 1. The van der Waals surface area contributed by atoms with Crippen molar-refractivity contribution in [3.8, 4) is 17.1 Å². The standard InChI is InChI=1S/C33H45N7O7/c1-5-17-46-24-15-13-21(14-16-24)27-36-38-40(37-27)23-18-26-28(41)35-33(30(43)44)19-22(33)11-9-7-6-8-10-12-25(29(42)39(26)20-23)34-31(45)47-32(2,3)4/h9,11,13-16,22-23,25-26H,5-8,10,12,17-20H2,1-4H3,(H,34,45)(H,35,41)(H,43,44)/b11-9-/t22-,23-,25+,26+,33-/m1/s1. The lowest BCUT2D eigenvalue weighted by Gasteiger charge is -2.30. The average Bonchev–Trinajstić information content (AvgIpc) is 3.33. The highest BCUT2D eigenvalue weighted by Crippen LogP contribution is 2.45. The van der Waals surface area contributed by atoms with Gasteiger partial charge in [-0.3, -0.25) is 9.59 Å². The van der Waals surface area contributed by atoms with Gasteiger partial charge in [-0.1, -0.05) is 31.9 Å². The van der Waals surface area contributed by atoms with Gasteiger partial charge in [-0.15, -0.1) is 10.2 Å². The second-order valence-electron chi connectivity index (χ2n) is 13.5. The minimum absolute atomic E-state index is 0.0619. The quantitative estimate of drug-likeness (QED) is 0.375. The molecule has 0 unspecified atom stereocenters. The Labute approximate surface area is 274 Å². The van der Waals surface area contributed by atoms with Crippen molar-refractivity contribution in [3.63, 3.8) is 0 Å². The summed E-state index contributed by atoms with van der Waals surface area (Å²) in [6, 6.07) is 4.83. The number of tetrazole rings is 1. The number of hydrogen-bond acceptors (Lipinski definition) is 9. The van der Waals surface area contributed by atoms with Crippen LogP contribution in [0.1, 0.15) is 85.1 Å². The predicted molar refractivity (Wildman–Crippen MR) is 170 cm³/mol. The molecule has 0 radical (unpaired) electrons. The van der Waals surface area contributed by atoms with E-state index in [0.29, 0.717) is 25.3 Å². The summed E-state index contributed by atoms with van der Waals surface area (Å²) in [6.07, 6.45) is 7.79. The van der Waals surface area contributed by atoms with E-state index in [1.54, 1.807) is 20.8 Å². The molecule has 5 rings (SSSR count). The second kappa shape index (κ2) is 14.1. The Morgan fingerprint density at radius 1 is 1.15 bits per heavy atom. The third-order valence-electron chi connectivity index (χ3n) is 8.67. The molecule has 14 nitrogen and oxygen atoms in total. The number of aliphatic carboxylic acids is 1. The van der Waals surface area contributed by atoms with Gasteiger partial charge in [0.2, 0.25) is 17.6 Å². The van der Waals surface area contributed by atoms with Crippen LogP contribution in [0.25, 0.3) is 11.4 Å². The number of ether oxygens (including phenoxy) is 2. The van der Waals surface area contributed by atoms with E-state index >= 15 is 0 Å². The van der Waals surface area contributed by atoms with Crippen molar-refractivity contribution in [2.24, 2.45) is 5.92 Å². The van der Waals surface area contributed by atoms with E-state index in [1.165, 1.54) is 9.70 Å². The third kappa shape index (κ3) is 8.09. The van der Waals surface area contributed by atoms with Gasteiger partial charge >= 0.3 is 12.1 Å². The maximum atomic E-state index is 14.2. The number of hydrogen-bond donors (Lipinski definition) is 3. The molecule has 0 bridgehead atoms. The highest BCUT2D eigenvalue weighted by molar-refractivity contribution is 5.96. The van der Waals surface area contributed by atoms with E-state index < -0.39 is 53.1 Å². The zero-order chi connectivity index (χ0) is 33.8. The molecule has 1 aromatic carbocycles. The minimum atomic E-state index is -1.43. The summed E-state index contributed by atoms with van der Waals surface area (Å²) in [5, 5.41) is 28.7. The van der Waals surface area contributed by atoms with Crippen LogP contribution < -0.4 is 15.4 Å². The lowest BCUT2D eigenvalue weighted by molar-refractivity contribution is -0.145. The van der Waals surface area contributed by atoms with E-state index in [0.717, 1.165) is 37.0 Å². The highest BCUT2D eigenvalue weighted by Gasteiger charge is 2.61. The molecule has 254 valence electrons. The predicted octanol–water partition coefficient (Wildman–Crippen LogP) is 3.64. The summed E-state index contributed by atoms with van der Waals surface area (Å²) in [7, 11) is 0. The zero-order valence-electron chi connectivity index (χ0n) is 27.5. The fourth-order valence-electron chi connectivity index (χ4n) is 6.11. The normalized spacial score (nSPS) is 27.4. The summed E-state index contributed by atoms with van der Waals surface area (Å²) in [4.78, 5) is 56.1. The molecule has 2 aliphatic heterocycles. The fraction of sp³-hybridized carbons (Fsp3) is 0.606. The van der Waals surface area contributed by atoms with Gasteiger partial charge in [-0.05, 0) is 82.4 Å². The van der Waals surface area contributed by atoms with Crippen LogP contribution in [0, 0.1) is 5.92 Å². The van der Waals surface area contributed by atoms with Crippen LogP contribution in [0.2, 0.25) is 0 Å². The first-order valence-corrected chi connectivity index (χ1v) is 16.4. The molecule has 1 aliphatic carbocycles. The lowest BCUT2D eigenvalue weighted by Crippen LogP contribution is -2.56. The van der Waals surface area contributed by atoms with Crippen LogP contribution >= 0.6 is 0 Å². The Bertz CT molecular complexity index is 1480. The molecule has 1 saturated carbocycles. The Kier molecular flexibility index (Phi) is 10.2. The minimum Gasteiger partial charge on any atom is -0.494 e. The number of nitrogens with zero attached hydrogens (tertiary/aromatic N) is 5. The largest absolute Gasteiger partial charge is 0.494 e. The number of fused-ring (bicyclic) bond motifs is 2. The van der Waals surface area contributed by atoms with Gasteiger partial charge in [0.15, 0.2) is 0 Å². The van der Waals surface area contributed by atoms with E-state index in [1.807, 2.05) is 43.3 Å². The number of allylic oxidation sites excluding steroid dienone is 1. The molecule has 3 aliphatic rings. The van der Waals surface area contributed by atoms with Crippen LogP contribution in [0.4, 0.5) is 4.79 Å². The number of aromatic nitrogens is 4. The van der Waals surface area contributed by atoms with E-state index in [-0.39, 0.29) is 25.3 Å². The molecule has 3 amide bonds. The van der Waals surface area contributed by atoms with Crippen molar-refractivity contribution >= 4 is 23.9 Å². The molecular weight excluding hydrogens is 606 g/mol. The van der Waals surface area contributed by atoms with Crippen LogP contribution in [-0.2, 0) is 19.1 Å². The van der Waals surface area contributed by atoms with Crippen molar-refractivity contribution < 1.29 is 33.8 Å². The number of rotatable bonds is 7. The van der Waals surface area contributed by atoms with Gasteiger partial charge in [-0.25, -0.2) is 9.59 Å².